The maximum absolute atomic E-state index is 9.93. The van der Waals surface area contributed by atoms with Crippen molar-refractivity contribution in [1.82, 2.24) is 4.90 Å². The van der Waals surface area contributed by atoms with Crippen molar-refractivity contribution in [3.8, 4) is 0 Å². The molecule has 0 rings (SSSR count). The van der Waals surface area contributed by atoms with E-state index >= 15 is 0 Å². The van der Waals surface area contributed by atoms with Crippen molar-refractivity contribution in [3.63, 3.8) is 0 Å². The van der Waals surface area contributed by atoms with Gasteiger partial charge in [-0.15, -0.1) is 0 Å². The van der Waals surface area contributed by atoms with E-state index in [0.717, 1.165) is 19.4 Å². The van der Waals surface area contributed by atoms with Crippen molar-refractivity contribution in [1.29, 1.82) is 0 Å². The van der Waals surface area contributed by atoms with Gasteiger partial charge in [0.25, 0.3) is 0 Å². The number of hydrogen-bond acceptors (Lipinski definition) is 3. The summed E-state index contributed by atoms with van der Waals surface area (Å²) in [6.07, 6.45) is 23.3. The number of aliphatic hydroxyl groups excluding tert-OH is 2. The van der Waals surface area contributed by atoms with E-state index in [-0.39, 0.29) is 12.2 Å². The normalized spacial score (nSPS) is 13.9. The molecule has 29 heavy (non-hydrogen) atoms. The Hall–Kier alpha value is -0.120. The Morgan fingerprint density at radius 3 is 1.10 bits per heavy atom. The molecule has 0 saturated heterocycles. The molecule has 0 saturated carbocycles. The summed E-state index contributed by atoms with van der Waals surface area (Å²) >= 11 is 0. The molecule has 0 aromatic rings. The van der Waals surface area contributed by atoms with Gasteiger partial charge in [0.05, 0.1) is 12.2 Å². The van der Waals surface area contributed by atoms with Gasteiger partial charge < -0.3 is 10.2 Å². The molecule has 0 aromatic carbocycles. The van der Waals surface area contributed by atoms with Crippen LogP contribution >= 0.6 is 0 Å². The first-order valence-electron chi connectivity index (χ1n) is 13.2. The van der Waals surface area contributed by atoms with Crippen LogP contribution < -0.4 is 0 Å². The molecule has 0 amide bonds. The van der Waals surface area contributed by atoms with Crippen molar-refractivity contribution < 1.29 is 10.2 Å². The van der Waals surface area contributed by atoms with E-state index in [0.29, 0.717) is 13.1 Å². The zero-order chi connectivity index (χ0) is 21.6. The number of rotatable bonds is 23. The highest BCUT2D eigenvalue weighted by Gasteiger charge is 2.13. The van der Waals surface area contributed by atoms with Crippen molar-refractivity contribution in [3.05, 3.63) is 0 Å². The standard InChI is InChI=1S/C26H55NO2/c1-4-7-8-9-10-11-12-13-14-15-16-17-18-19-20-21-22-27(23-25(28)5-2)24-26(29)6-3/h25-26,28-29H,4-24H2,1-3H3. The summed E-state index contributed by atoms with van der Waals surface area (Å²) in [6.45, 7) is 8.74. The molecule has 0 aliphatic carbocycles. The van der Waals surface area contributed by atoms with E-state index in [4.69, 9.17) is 0 Å². The van der Waals surface area contributed by atoms with Crippen LogP contribution in [0.25, 0.3) is 0 Å². The van der Waals surface area contributed by atoms with Crippen molar-refractivity contribution in [2.45, 2.75) is 149 Å². The van der Waals surface area contributed by atoms with Crippen LogP contribution in [0.4, 0.5) is 0 Å². The number of hydrogen-bond donors (Lipinski definition) is 2. The van der Waals surface area contributed by atoms with Gasteiger partial charge in [0.15, 0.2) is 0 Å². The van der Waals surface area contributed by atoms with Crippen molar-refractivity contribution in [2.75, 3.05) is 19.6 Å². The van der Waals surface area contributed by atoms with Crippen LogP contribution in [0.3, 0.4) is 0 Å². The van der Waals surface area contributed by atoms with Gasteiger partial charge in [-0.05, 0) is 25.8 Å². The zero-order valence-corrected chi connectivity index (χ0v) is 20.3. The lowest BCUT2D eigenvalue weighted by atomic mass is 10.0. The van der Waals surface area contributed by atoms with Crippen LogP contribution in [-0.4, -0.2) is 47.0 Å². The molecule has 0 aliphatic heterocycles. The highest BCUT2D eigenvalue weighted by atomic mass is 16.3. The lowest BCUT2D eigenvalue weighted by Gasteiger charge is -2.26. The number of aliphatic hydroxyl groups is 2. The minimum Gasteiger partial charge on any atom is -0.392 e. The van der Waals surface area contributed by atoms with Crippen LogP contribution in [0.5, 0.6) is 0 Å². The third-order valence-corrected chi connectivity index (χ3v) is 6.21. The molecular formula is C26H55NO2. The van der Waals surface area contributed by atoms with Gasteiger partial charge in [-0.25, -0.2) is 0 Å². The molecule has 0 bridgehead atoms. The van der Waals surface area contributed by atoms with Crippen LogP contribution in [-0.2, 0) is 0 Å². The van der Waals surface area contributed by atoms with Gasteiger partial charge >= 0.3 is 0 Å². The maximum Gasteiger partial charge on any atom is 0.0664 e. The van der Waals surface area contributed by atoms with E-state index in [1.54, 1.807) is 0 Å². The lowest BCUT2D eigenvalue weighted by molar-refractivity contribution is 0.0654. The van der Waals surface area contributed by atoms with Crippen LogP contribution in [0.2, 0.25) is 0 Å². The minimum absolute atomic E-state index is 0.264. The quantitative estimate of drug-likeness (QED) is 0.176. The molecule has 0 radical (unpaired) electrons. The SMILES string of the molecule is CCCCCCCCCCCCCCCCCCN(CC(O)CC)CC(O)CC. The van der Waals surface area contributed by atoms with Gasteiger partial charge in [-0.2, -0.15) is 0 Å². The molecule has 3 heteroatoms. The molecule has 2 N–H and O–H groups in total. The average molecular weight is 414 g/mol. The van der Waals surface area contributed by atoms with E-state index in [9.17, 15) is 10.2 Å². The van der Waals surface area contributed by atoms with E-state index in [1.165, 1.54) is 103 Å². The third kappa shape index (κ3) is 20.9. The summed E-state index contributed by atoms with van der Waals surface area (Å²) < 4.78 is 0. The van der Waals surface area contributed by atoms with Crippen LogP contribution in [0.15, 0.2) is 0 Å². The van der Waals surface area contributed by atoms with Gasteiger partial charge in [0.2, 0.25) is 0 Å². The van der Waals surface area contributed by atoms with Crippen molar-refractivity contribution >= 4 is 0 Å². The van der Waals surface area contributed by atoms with Gasteiger partial charge in [-0.3, -0.25) is 4.90 Å². The first kappa shape index (κ1) is 28.9. The summed E-state index contributed by atoms with van der Waals surface area (Å²) in [6, 6.07) is 0. The summed E-state index contributed by atoms with van der Waals surface area (Å²) in [4.78, 5) is 2.26. The fourth-order valence-electron chi connectivity index (χ4n) is 3.99. The summed E-state index contributed by atoms with van der Waals surface area (Å²) in [5.41, 5.74) is 0. The largest absolute Gasteiger partial charge is 0.392 e. The molecule has 2 atom stereocenters. The minimum atomic E-state index is -0.264. The Kier molecular flexibility index (Phi) is 22.5. The first-order chi connectivity index (χ1) is 14.1. The summed E-state index contributed by atoms with van der Waals surface area (Å²) in [5.74, 6) is 0. The molecule has 176 valence electrons. The number of unbranched alkanes of at least 4 members (excludes halogenated alkanes) is 15. The Bertz CT molecular complexity index is 299. The van der Waals surface area contributed by atoms with Crippen molar-refractivity contribution in [2.24, 2.45) is 0 Å². The molecule has 2 unspecified atom stereocenters. The van der Waals surface area contributed by atoms with Gasteiger partial charge in [-0.1, -0.05) is 117 Å². The second-order valence-electron chi connectivity index (χ2n) is 9.19. The topological polar surface area (TPSA) is 43.7 Å². The predicted molar refractivity (Wildman–Crippen MR) is 129 cm³/mol. The molecular weight excluding hydrogens is 358 g/mol. The van der Waals surface area contributed by atoms with Gasteiger partial charge in [0.1, 0.15) is 0 Å². The molecule has 3 nitrogen and oxygen atoms in total. The third-order valence-electron chi connectivity index (χ3n) is 6.21. The number of nitrogens with zero attached hydrogens (tertiary/aromatic N) is 1. The zero-order valence-electron chi connectivity index (χ0n) is 20.3. The fourth-order valence-corrected chi connectivity index (χ4v) is 3.99. The highest BCUT2D eigenvalue weighted by molar-refractivity contribution is 4.68. The Morgan fingerprint density at radius 2 is 0.793 bits per heavy atom. The van der Waals surface area contributed by atoms with E-state index < -0.39 is 0 Å². The second-order valence-corrected chi connectivity index (χ2v) is 9.19. The molecule has 0 aromatic heterocycles. The molecule has 0 aliphatic rings. The highest BCUT2D eigenvalue weighted by Crippen LogP contribution is 2.14. The first-order valence-corrected chi connectivity index (χ1v) is 13.2. The summed E-state index contributed by atoms with van der Waals surface area (Å²) in [5, 5.41) is 19.9. The fraction of sp³-hybridized carbons (Fsp3) is 1.00. The van der Waals surface area contributed by atoms with Gasteiger partial charge in [0, 0.05) is 13.1 Å². The average Bonchev–Trinajstić information content (AvgIpc) is 2.72. The van der Waals surface area contributed by atoms with Crippen LogP contribution in [0, 0.1) is 0 Å². The summed E-state index contributed by atoms with van der Waals surface area (Å²) in [7, 11) is 0. The molecule has 0 spiro atoms. The Morgan fingerprint density at radius 1 is 0.483 bits per heavy atom. The molecule has 0 fully saturated rings. The molecule has 0 heterocycles. The maximum atomic E-state index is 9.93. The van der Waals surface area contributed by atoms with E-state index in [2.05, 4.69) is 11.8 Å². The van der Waals surface area contributed by atoms with E-state index in [1.807, 2.05) is 13.8 Å². The lowest BCUT2D eigenvalue weighted by Crippen LogP contribution is -2.38. The predicted octanol–water partition coefficient (Wildman–Crippen LogP) is 7.09. The second kappa shape index (κ2) is 22.6. The monoisotopic (exact) mass is 413 g/mol. The smallest absolute Gasteiger partial charge is 0.0664 e. The van der Waals surface area contributed by atoms with Crippen LogP contribution in [0.1, 0.15) is 136 Å². The Balaban J connectivity index is 3.45. The Labute approximate surface area is 183 Å².